The van der Waals surface area contributed by atoms with Gasteiger partial charge in [-0.05, 0) is 31.1 Å². The van der Waals surface area contributed by atoms with E-state index in [1.807, 2.05) is 24.7 Å². The molecular weight excluding hydrogens is 144 g/mol. The first kappa shape index (κ1) is 9.50. The molecule has 0 aliphatic carbocycles. The zero-order valence-corrected chi connectivity index (χ0v) is 7.15. The van der Waals surface area contributed by atoms with Crippen LogP contribution in [-0.2, 0) is 4.79 Å². The summed E-state index contributed by atoms with van der Waals surface area (Å²) in [5, 5.41) is 2.02. The summed E-state index contributed by atoms with van der Waals surface area (Å²) < 4.78 is 0. The van der Waals surface area contributed by atoms with E-state index in [0.29, 0.717) is 0 Å². The van der Waals surface area contributed by atoms with Crippen LogP contribution in [0.1, 0.15) is 13.3 Å². The van der Waals surface area contributed by atoms with Crippen molar-refractivity contribution in [2.75, 3.05) is 6.26 Å². The number of allylic oxidation sites excluding steroid dienone is 3. The minimum absolute atomic E-state index is 0.822. The zero-order valence-electron chi connectivity index (χ0n) is 6.33. The first-order valence-corrected chi connectivity index (χ1v) is 4.38. The van der Waals surface area contributed by atoms with E-state index in [4.69, 9.17) is 0 Å². The molecule has 0 aromatic rings. The Morgan fingerprint density at radius 1 is 1.60 bits per heavy atom. The summed E-state index contributed by atoms with van der Waals surface area (Å²) in [5.74, 6) is 0. The van der Waals surface area contributed by atoms with E-state index in [0.717, 1.165) is 18.3 Å². The number of thioether (sulfide) groups is 1. The Hall–Kier alpha value is -0.500. The van der Waals surface area contributed by atoms with E-state index < -0.39 is 0 Å². The zero-order chi connectivity index (χ0) is 7.82. The van der Waals surface area contributed by atoms with Gasteiger partial charge < -0.3 is 0 Å². The molecule has 56 valence electrons. The summed E-state index contributed by atoms with van der Waals surface area (Å²) in [6.45, 7) is 1.94. The summed E-state index contributed by atoms with van der Waals surface area (Å²) in [6.07, 6.45) is 7.34. The third-order valence-electron chi connectivity index (χ3n) is 1.02. The molecule has 0 fully saturated rings. The van der Waals surface area contributed by atoms with Crippen LogP contribution >= 0.6 is 11.8 Å². The third-order valence-corrected chi connectivity index (χ3v) is 1.49. The lowest BCUT2D eigenvalue weighted by Crippen LogP contribution is -1.72. The van der Waals surface area contributed by atoms with Gasteiger partial charge >= 0.3 is 0 Å². The van der Waals surface area contributed by atoms with Gasteiger partial charge in [0.1, 0.15) is 6.29 Å². The molecule has 0 rings (SSSR count). The van der Waals surface area contributed by atoms with E-state index >= 15 is 0 Å². The van der Waals surface area contributed by atoms with Crippen LogP contribution in [-0.4, -0.2) is 12.5 Å². The van der Waals surface area contributed by atoms with Gasteiger partial charge in [0.25, 0.3) is 0 Å². The summed E-state index contributed by atoms with van der Waals surface area (Å²) in [7, 11) is 0. The summed E-state index contributed by atoms with van der Waals surface area (Å²) in [5.41, 5.74) is 1.10. The standard InChI is InChI=1S/C8H12OS/c1-8(5-6-9)4-3-7-10-2/h3,5-7H,4H2,1-2H3/b7-3+,8-5-. The van der Waals surface area contributed by atoms with Crippen LogP contribution in [0, 0.1) is 0 Å². The summed E-state index contributed by atoms with van der Waals surface area (Å²) in [4.78, 5) is 9.94. The molecule has 1 nitrogen and oxygen atoms in total. The van der Waals surface area contributed by atoms with Crippen LogP contribution in [0.3, 0.4) is 0 Å². The minimum atomic E-state index is 0.822. The normalized spacial score (nSPS) is 12.4. The lowest BCUT2D eigenvalue weighted by atomic mass is 10.2. The third kappa shape index (κ3) is 5.63. The van der Waals surface area contributed by atoms with E-state index in [-0.39, 0.29) is 0 Å². The highest BCUT2D eigenvalue weighted by Crippen LogP contribution is 2.02. The van der Waals surface area contributed by atoms with Crippen LogP contribution in [0.4, 0.5) is 0 Å². The molecule has 0 unspecified atom stereocenters. The van der Waals surface area contributed by atoms with Crippen LogP contribution in [0.2, 0.25) is 0 Å². The molecule has 0 bridgehead atoms. The number of hydrogen-bond acceptors (Lipinski definition) is 2. The maximum absolute atomic E-state index is 9.94. The first-order chi connectivity index (χ1) is 4.81. The Balaban J connectivity index is 3.57. The van der Waals surface area contributed by atoms with Crippen LogP contribution in [0.15, 0.2) is 23.1 Å². The summed E-state index contributed by atoms with van der Waals surface area (Å²) in [6, 6.07) is 0. The highest BCUT2D eigenvalue weighted by molar-refractivity contribution is 8.01. The maximum Gasteiger partial charge on any atom is 0.142 e. The second kappa shape index (κ2) is 6.62. The van der Waals surface area contributed by atoms with Crippen LogP contribution in [0.5, 0.6) is 0 Å². The molecule has 0 saturated heterocycles. The van der Waals surface area contributed by atoms with Gasteiger partial charge in [-0.1, -0.05) is 11.6 Å². The fourth-order valence-electron chi connectivity index (χ4n) is 0.514. The molecule has 0 saturated carbocycles. The predicted octanol–water partition coefficient (Wildman–Crippen LogP) is 2.40. The van der Waals surface area contributed by atoms with Gasteiger partial charge in [-0.25, -0.2) is 0 Å². The van der Waals surface area contributed by atoms with Crippen molar-refractivity contribution in [3.63, 3.8) is 0 Å². The molecule has 2 heteroatoms. The Morgan fingerprint density at radius 2 is 2.30 bits per heavy atom. The SMILES string of the molecule is CS/C=C/C/C(C)=C\C=O. The highest BCUT2D eigenvalue weighted by Gasteiger charge is 1.81. The fourth-order valence-corrected chi connectivity index (χ4v) is 0.803. The molecule has 0 aliphatic rings. The average molecular weight is 156 g/mol. The first-order valence-electron chi connectivity index (χ1n) is 3.10. The number of carbonyl (C=O) groups excluding carboxylic acids is 1. The average Bonchev–Trinajstić information content (AvgIpc) is 1.89. The Labute approximate surface area is 66.2 Å². The Bertz CT molecular complexity index is 147. The quantitative estimate of drug-likeness (QED) is 0.459. The maximum atomic E-state index is 9.94. The lowest BCUT2D eigenvalue weighted by molar-refractivity contribution is -0.104. The van der Waals surface area contributed by atoms with Crippen molar-refractivity contribution in [1.29, 1.82) is 0 Å². The van der Waals surface area contributed by atoms with Crippen molar-refractivity contribution in [3.05, 3.63) is 23.1 Å². The molecule has 0 aliphatic heterocycles. The molecule has 10 heavy (non-hydrogen) atoms. The van der Waals surface area contributed by atoms with Crippen molar-refractivity contribution in [2.24, 2.45) is 0 Å². The molecule has 0 heterocycles. The monoisotopic (exact) mass is 156 g/mol. The molecule has 0 N–H and O–H groups in total. The van der Waals surface area contributed by atoms with Gasteiger partial charge in [0.2, 0.25) is 0 Å². The topological polar surface area (TPSA) is 17.1 Å². The van der Waals surface area contributed by atoms with E-state index in [2.05, 4.69) is 0 Å². The van der Waals surface area contributed by atoms with Gasteiger partial charge in [-0.3, -0.25) is 4.79 Å². The Morgan fingerprint density at radius 3 is 2.80 bits per heavy atom. The highest BCUT2D eigenvalue weighted by atomic mass is 32.2. The van der Waals surface area contributed by atoms with E-state index in [1.54, 1.807) is 17.8 Å². The summed E-state index contributed by atoms with van der Waals surface area (Å²) >= 11 is 1.67. The molecule has 0 atom stereocenters. The lowest BCUT2D eigenvalue weighted by Gasteiger charge is -1.89. The fraction of sp³-hybridized carbons (Fsp3) is 0.375. The van der Waals surface area contributed by atoms with Crippen molar-refractivity contribution in [1.82, 2.24) is 0 Å². The van der Waals surface area contributed by atoms with Crippen molar-refractivity contribution < 1.29 is 4.79 Å². The molecule has 0 aromatic carbocycles. The van der Waals surface area contributed by atoms with Crippen LogP contribution < -0.4 is 0 Å². The molecular formula is C8H12OS. The molecule has 0 amide bonds. The molecule has 0 spiro atoms. The largest absolute Gasteiger partial charge is 0.299 e. The van der Waals surface area contributed by atoms with Gasteiger partial charge in [-0.2, -0.15) is 0 Å². The van der Waals surface area contributed by atoms with Crippen molar-refractivity contribution in [3.8, 4) is 0 Å². The number of hydrogen-bond donors (Lipinski definition) is 0. The predicted molar refractivity (Wildman–Crippen MR) is 47.1 cm³/mol. The van der Waals surface area contributed by atoms with E-state index in [1.165, 1.54) is 0 Å². The van der Waals surface area contributed by atoms with Crippen molar-refractivity contribution in [2.45, 2.75) is 13.3 Å². The second-order valence-electron chi connectivity index (χ2n) is 1.96. The van der Waals surface area contributed by atoms with Gasteiger partial charge in [0, 0.05) is 0 Å². The number of rotatable bonds is 4. The second-order valence-corrected chi connectivity index (χ2v) is 2.70. The minimum Gasteiger partial charge on any atom is -0.299 e. The smallest absolute Gasteiger partial charge is 0.142 e. The van der Waals surface area contributed by atoms with Gasteiger partial charge in [-0.15, -0.1) is 11.8 Å². The number of carbonyl (C=O) groups is 1. The van der Waals surface area contributed by atoms with E-state index in [9.17, 15) is 4.79 Å². The van der Waals surface area contributed by atoms with Crippen LogP contribution in [0.25, 0.3) is 0 Å². The van der Waals surface area contributed by atoms with Crippen molar-refractivity contribution >= 4 is 18.0 Å². The van der Waals surface area contributed by atoms with Gasteiger partial charge in [0.05, 0.1) is 0 Å². The van der Waals surface area contributed by atoms with Gasteiger partial charge in [0.15, 0.2) is 0 Å². The molecule has 0 radical (unpaired) electrons. The molecule has 0 aromatic heterocycles. The number of aldehydes is 1. The Kier molecular flexibility index (Phi) is 6.29.